The number of aromatic carboxylic acids is 1. The third kappa shape index (κ3) is 9.72. The van der Waals surface area contributed by atoms with Crippen LogP contribution < -0.4 is 10.6 Å². The Morgan fingerprint density at radius 1 is 0.750 bits per heavy atom. The molecule has 6 aromatic rings. The molecule has 2 aromatic heterocycles. The molecule has 0 saturated carbocycles. The normalized spacial score (nSPS) is 10.5. The van der Waals surface area contributed by atoms with Gasteiger partial charge in [0.1, 0.15) is 26.9 Å². The van der Waals surface area contributed by atoms with E-state index in [1.807, 2.05) is 36.4 Å². The lowest BCUT2D eigenvalue weighted by molar-refractivity contribution is 0.0528. The number of thiophene rings is 2. The van der Waals surface area contributed by atoms with Crippen LogP contribution in [-0.4, -0.2) is 35.5 Å². The highest BCUT2D eigenvalue weighted by atomic mass is 127. The zero-order valence-electron chi connectivity index (χ0n) is 26.9. The second-order valence-electron chi connectivity index (χ2n) is 10.7. The SMILES string of the molecule is CCOC(=O)c1c(-c2ccc(F)cc2)csc1NC(=O)c1ccc(Cl)cc1.O=C(Nc1scc(-c2ccc(Br)cc2)c1C(=O)O)c1ccc(I)cc1. The second kappa shape index (κ2) is 17.9. The summed E-state index contributed by atoms with van der Waals surface area (Å²) in [7, 11) is 0. The second-order valence-corrected chi connectivity index (χ2v) is 15.0. The smallest absolute Gasteiger partial charge is 0.341 e. The first kappa shape index (κ1) is 38.8. The number of carbonyl (C=O) groups is 4. The van der Waals surface area contributed by atoms with E-state index in [4.69, 9.17) is 16.3 Å². The number of nitrogens with one attached hydrogen (secondary N) is 2. The summed E-state index contributed by atoms with van der Waals surface area (Å²) in [6.07, 6.45) is 0. The maximum atomic E-state index is 13.2. The molecule has 52 heavy (non-hydrogen) atoms. The Hall–Kier alpha value is -4.41. The van der Waals surface area contributed by atoms with Gasteiger partial charge in [0, 0.05) is 46.1 Å². The molecular formula is C38H26BrClFIN2O6S2. The first-order chi connectivity index (χ1) is 24.9. The first-order valence-electron chi connectivity index (χ1n) is 15.2. The van der Waals surface area contributed by atoms with Crippen LogP contribution in [0.3, 0.4) is 0 Å². The van der Waals surface area contributed by atoms with Gasteiger partial charge in [-0.1, -0.05) is 51.8 Å². The summed E-state index contributed by atoms with van der Waals surface area (Å²) in [5, 5.41) is 19.8. The summed E-state index contributed by atoms with van der Waals surface area (Å²) in [5.74, 6) is -2.70. The summed E-state index contributed by atoms with van der Waals surface area (Å²) in [6.45, 7) is 1.90. The number of halogens is 4. The molecular weight excluding hydrogens is 906 g/mol. The van der Waals surface area contributed by atoms with E-state index >= 15 is 0 Å². The van der Waals surface area contributed by atoms with E-state index in [0.717, 1.165) is 13.6 Å². The molecule has 0 aliphatic rings. The van der Waals surface area contributed by atoms with Gasteiger partial charge in [0.15, 0.2) is 0 Å². The van der Waals surface area contributed by atoms with Crippen LogP contribution in [0.25, 0.3) is 22.3 Å². The Bertz CT molecular complexity index is 2230. The highest BCUT2D eigenvalue weighted by molar-refractivity contribution is 14.1. The number of carboxylic acid groups (broad SMARTS) is 1. The summed E-state index contributed by atoms with van der Waals surface area (Å²) < 4.78 is 20.3. The van der Waals surface area contributed by atoms with Crippen LogP contribution in [0.4, 0.5) is 14.4 Å². The number of hydrogen-bond acceptors (Lipinski definition) is 7. The molecule has 0 bridgehead atoms. The van der Waals surface area contributed by atoms with E-state index in [1.54, 1.807) is 66.2 Å². The summed E-state index contributed by atoms with van der Waals surface area (Å²) >= 11 is 13.8. The number of hydrogen-bond donors (Lipinski definition) is 3. The van der Waals surface area contributed by atoms with Gasteiger partial charge in [-0.05, 0) is 113 Å². The zero-order valence-corrected chi connectivity index (χ0v) is 33.0. The van der Waals surface area contributed by atoms with Crippen molar-refractivity contribution in [2.45, 2.75) is 6.92 Å². The van der Waals surface area contributed by atoms with Gasteiger partial charge in [-0.3, -0.25) is 9.59 Å². The number of carbonyl (C=O) groups excluding carboxylic acids is 3. The molecule has 3 N–H and O–H groups in total. The molecule has 0 radical (unpaired) electrons. The van der Waals surface area contributed by atoms with E-state index in [9.17, 15) is 28.7 Å². The van der Waals surface area contributed by atoms with Crippen LogP contribution in [-0.2, 0) is 4.74 Å². The molecule has 264 valence electrons. The van der Waals surface area contributed by atoms with Crippen molar-refractivity contribution in [1.29, 1.82) is 0 Å². The number of anilines is 2. The van der Waals surface area contributed by atoms with E-state index in [1.165, 1.54) is 34.8 Å². The van der Waals surface area contributed by atoms with Crippen LogP contribution >= 0.6 is 72.8 Å². The number of carboxylic acids is 1. The molecule has 4 aromatic carbocycles. The molecule has 0 fully saturated rings. The molecule has 0 saturated heterocycles. The summed E-state index contributed by atoms with van der Waals surface area (Å²) in [6, 6.07) is 26.6. The fourth-order valence-electron chi connectivity index (χ4n) is 4.75. The van der Waals surface area contributed by atoms with E-state index < -0.39 is 11.9 Å². The standard InChI is InChI=1S/C20H15ClFNO3S.C18H11BrINO3S/c1-2-26-20(25)17-16(12-5-9-15(22)10-6-12)11-27-19(17)23-18(24)13-3-7-14(21)8-4-13;19-12-5-1-10(2-6-12)14-9-25-17(15(14)18(23)24)21-16(22)11-3-7-13(20)8-4-11/h3-11H,2H2,1H3,(H,23,24);1-9H,(H,21,22)(H,23,24). The molecule has 0 unspecified atom stereocenters. The first-order valence-corrected chi connectivity index (χ1v) is 19.2. The predicted molar refractivity (Wildman–Crippen MR) is 217 cm³/mol. The molecule has 0 aliphatic carbocycles. The minimum absolute atomic E-state index is 0.103. The molecule has 14 heteroatoms. The van der Waals surface area contributed by atoms with Gasteiger partial charge in [-0.25, -0.2) is 14.0 Å². The van der Waals surface area contributed by atoms with Gasteiger partial charge >= 0.3 is 11.9 Å². The number of benzene rings is 4. The Kier molecular flexibility index (Phi) is 13.3. The van der Waals surface area contributed by atoms with Gasteiger partial charge in [0.05, 0.1) is 6.61 Å². The largest absolute Gasteiger partial charge is 0.478 e. The number of ether oxygens (including phenoxy) is 1. The van der Waals surface area contributed by atoms with Crippen LogP contribution in [0.2, 0.25) is 5.02 Å². The average molecular weight is 932 g/mol. The number of amides is 2. The maximum Gasteiger partial charge on any atom is 0.341 e. The van der Waals surface area contributed by atoms with Gasteiger partial charge < -0.3 is 20.5 Å². The monoisotopic (exact) mass is 930 g/mol. The minimum Gasteiger partial charge on any atom is -0.478 e. The predicted octanol–water partition coefficient (Wildman–Crippen LogP) is 11.4. The van der Waals surface area contributed by atoms with Gasteiger partial charge in [0.25, 0.3) is 11.8 Å². The lowest BCUT2D eigenvalue weighted by Crippen LogP contribution is -2.14. The average Bonchev–Trinajstić information content (AvgIpc) is 3.74. The summed E-state index contributed by atoms with van der Waals surface area (Å²) in [4.78, 5) is 49.1. The van der Waals surface area contributed by atoms with Crippen molar-refractivity contribution in [3.63, 3.8) is 0 Å². The van der Waals surface area contributed by atoms with Crippen molar-refractivity contribution < 1.29 is 33.4 Å². The fraction of sp³-hybridized carbons (Fsp3) is 0.0526. The van der Waals surface area contributed by atoms with Crippen LogP contribution in [0, 0.1) is 9.39 Å². The van der Waals surface area contributed by atoms with Gasteiger partial charge in [-0.15, -0.1) is 22.7 Å². The third-order valence-corrected chi connectivity index (χ3v) is 10.5. The van der Waals surface area contributed by atoms with Crippen LogP contribution in [0.15, 0.2) is 112 Å². The van der Waals surface area contributed by atoms with Gasteiger partial charge in [-0.2, -0.15) is 0 Å². The molecule has 0 aliphatic heterocycles. The van der Waals surface area contributed by atoms with E-state index in [2.05, 4.69) is 49.2 Å². The van der Waals surface area contributed by atoms with Crippen molar-refractivity contribution in [2.75, 3.05) is 17.2 Å². The lowest BCUT2D eigenvalue weighted by atomic mass is 10.0. The highest BCUT2D eigenvalue weighted by Crippen LogP contribution is 2.38. The topological polar surface area (TPSA) is 122 Å². The Labute approximate surface area is 332 Å². The number of rotatable bonds is 9. The molecule has 8 nitrogen and oxygen atoms in total. The molecule has 2 heterocycles. The Balaban J connectivity index is 0.000000202. The molecule has 6 rings (SSSR count). The number of esters is 1. The summed E-state index contributed by atoms with van der Waals surface area (Å²) in [5.41, 5.74) is 3.84. The van der Waals surface area contributed by atoms with Crippen LogP contribution in [0.5, 0.6) is 0 Å². The van der Waals surface area contributed by atoms with Crippen LogP contribution in [0.1, 0.15) is 48.4 Å². The highest BCUT2D eigenvalue weighted by Gasteiger charge is 2.24. The fourth-order valence-corrected chi connectivity index (χ4v) is 7.41. The van der Waals surface area contributed by atoms with Gasteiger partial charge in [0.2, 0.25) is 0 Å². The Morgan fingerprint density at radius 3 is 1.71 bits per heavy atom. The van der Waals surface area contributed by atoms with E-state index in [0.29, 0.717) is 42.8 Å². The lowest BCUT2D eigenvalue weighted by Gasteiger charge is -2.09. The molecule has 2 amide bonds. The molecule has 0 spiro atoms. The molecule has 0 atom stereocenters. The minimum atomic E-state index is -1.07. The van der Waals surface area contributed by atoms with Crippen molar-refractivity contribution in [2.24, 2.45) is 0 Å². The van der Waals surface area contributed by atoms with E-state index in [-0.39, 0.29) is 35.4 Å². The van der Waals surface area contributed by atoms with Crippen molar-refractivity contribution >= 4 is 107 Å². The maximum absolute atomic E-state index is 13.2. The zero-order chi connectivity index (χ0) is 37.4. The Morgan fingerprint density at radius 2 is 1.21 bits per heavy atom. The third-order valence-electron chi connectivity index (χ3n) is 7.25. The van der Waals surface area contributed by atoms with Crippen molar-refractivity contribution in [1.82, 2.24) is 0 Å². The van der Waals surface area contributed by atoms with Crippen molar-refractivity contribution in [3.05, 3.63) is 149 Å². The van der Waals surface area contributed by atoms with Crippen molar-refractivity contribution in [3.8, 4) is 22.3 Å². The quantitative estimate of drug-likeness (QED) is 0.0981.